The minimum absolute atomic E-state index is 0.122. The molecule has 0 saturated carbocycles. The molecule has 0 heterocycles. The Morgan fingerprint density at radius 1 is 1.54 bits per heavy atom. The van der Waals surface area contributed by atoms with E-state index in [4.69, 9.17) is 4.74 Å². The number of hydrogen-bond donors (Lipinski definition) is 0. The van der Waals surface area contributed by atoms with Crippen LogP contribution in [-0.4, -0.2) is 12.6 Å². The van der Waals surface area contributed by atoms with E-state index in [1.807, 2.05) is 20.8 Å². The lowest BCUT2D eigenvalue weighted by Crippen LogP contribution is -2.18. The van der Waals surface area contributed by atoms with Gasteiger partial charge in [0.2, 0.25) is 0 Å². The van der Waals surface area contributed by atoms with E-state index in [1.54, 1.807) is 6.08 Å². The molecule has 0 aromatic rings. The zero-order chi connectivity index (χ0) is 10.3. The first-order valence-corrected chi connectivity index (χ1v) is 4.91. The van der Waals surface area contributed by atoms with Crippen LogP contribution in [0, 0.1) is 11.8 Å². The lowest BCUT2D eigenvalue weighted by atomic mass is 10.0. The van der Waals surface area contributed by atoms with Crippen molar-refractivity contribution in [2.75, 3.05) is 6.61 Å². The summed E-state index contributed by atoms with van der Waals surface area (Å²) in [5.74, 6) is 0.144. The number of rotatable bonds is 6. The normalized spacial score (nSPS) is 12.6. The van der Waals surface area contributed by atoms with Crippen molar-refractivity contribution in [2.45, 2.75) is 33.6 Å². The summed E-state index contributed by atoms with van der Waals surface area (Å²) in [6.07, 6.45) is 3.49. The highest BCUT2D eigenvalue weighted by Gasteiger charge is 2.15. The van der Waals surface area contributed by atoms with Crippen molar-refractivity contribution in [3.8, 4) is 0 Å². The summed E-state index contributed by atoms with van der Waals surface area (Å²) in [5.41, 5.74) is 0. The Morgan fingerprint density at radius 2 is 2.15 bits per heavy atom. The predicted molar refractivity (Wildman–Crippen MR) is 54.4 cm³/mol. The molecule has 0 aliphatic heterocycles. The lowest BCUT2D eigenvalue weighted by molar-refractivity contribution is -0.148. The van der Waals surface area contributed by atoms with Gasteiger partial charge in [0, 0.05) is 0 Å². The smallest absolute Gasteiger partial charge is 0.312 e. The Bertz CT molecular complexity index is 161. The van der Waals surface area contributed by atoms with Gasteiger partial charge in [-0.15, -0.1) is 6.58 Å². The number of esters is 1. The molecule has 0 amide bonds. The second-order valence-electron chi connectivity index (χ2n) is 3.65. The average molecular weight is 184 g/mol. The van der Waals surface area contributed by atoms with Gasteiger partial charge in [-0.2, -0.15) is 0 Å². The fourth-order valence-corrected chi connectivity index (χ4v) is 0.999. The Hall–Kier alpha value is -0.790. The molecule has 0 fully saturated rings. The zero-order valence-electron chi connectivity index (χ0n) is 8.88. The van der Waals surface area contributed by atoms with Gasteiger partial charge >= 0.3 is 5.97 Å². The van der Waals surface area contributed by atoms with Crippen molar-refractivity contribution >= 4 is 5.97 Å². The number of ether oxygens (including phenoxy) is 1. The molecule has 13 heavy (non-hydrogen) atoms. The van der Waals surface area contributed by atoms with Crippen LogP contribution >= 0.6 is 0 Å². The van der Waals surface area contributed by atoms with Gasteiger partial charge in [0.15, 0.2) is 0 Å². The largest absolute Gasteiger partial charge is 0.465 e. The molecule has 1 unspecified atom stereocenters. The van der Waals surface area contributed by atoms with Gasteiger partial charge in [0.05, 0.1) is 12.5 Å². The van der Waals surface area contributed by atoms with E-state index in [9.17, 15) is 4.79 Å². The molecule has 2 heteroatoms. The minimum Gasteiger partial charge on any atom is -0.465 e. The van der Waals surface area contributed by atoms with E-state index in [0.717, 1.165) is 12.8 Å². The molecule has 0 spiro atoms. The van der Waals surface area contributed by atoms with Gasteiger partial charge in [0.25, 0.3) is 0 Å². The van der Waals surface area contributed by atoms with Crippen LogP contribution in [0.3, 0.4) is 0 Å². The molecule has 0 aromatic heterocycles. The van der Waals surface area contributed by atoms with Gasteiger partial charge in [-0.1, -0.05) is 33.3 Å². The van der Waals surface area contributed by atoms with Crippen LogP contribution < -0.4 is 0 Å². The monoisotopic (exact) mass is 184 g/mol. The second kappa shape index (κ2) is 6.70. The molecule has 0 rings (SSSR count). The number of carbonyl (C=O) groups excluding carboxylic acids is 1. The Morgan fingerprint density at radius 3 is 2.54 bits per heavy atom. The van der Waals surface area contributed by atoms with Crippen molar-refractivity contribution in [3.63, 3.8) is 0 Å². The summed E-state index contributed by atoms with van der Waals surface area (Å²) in [7, 11) is 0. The Kier molecular flexibility index (Phi) is 6.29. The molecule has 2 nitrogen and oxygen atoms in total. The maximum absolute atomic E-state index is 11.4. The third kappa shape index (κ3) is 5.45. The summed E-state index contributed by atoms with van der Waals surface area (Å²) in [5, 5.41) is 0. The van der Waals surface area contributed by atoms with Gasteiger partial charge in [0.1, 0.15) is 0 Å². The third-order valence-electron chi connectivity index (χ3n) is 1.75. The molecular weight excluding hydrogens is 164 g/mol. The van der Waals surface area contributed by atoms with E-state index >= 15 is 0 Å². The van der Waals surface area contributed by atoms with Crippen molar-refractivity contribution in [3.05, 3.63) is 12.7 Å². The molecule has 0 saturated heterocycles. The highest BCUT2D eigenvalue weighted by atomic mass is 16.5. The fourth-order valence-electron chi connectivity index (χ4n) is 0.999. The highest BCUT2D eigenvalue weighted by molar-refractivity contribution is 5.74. The van der Waals surface area contributed by atoms with Crippen LogP contribution in [0.25, 0.3) is 0 Å². The van der Waals surface area contributed by atoms with E-state index in [2.05, 4.69) is 6.58 Å². The summed E-state index contributed by atoms with van der Waals surface area (Å²) in [6.45, 7) is 10.2. The van der Waals surface area contributed by atoms with Gasteiger partial charge in [-0.3, -0.25) is 4.79 Å². The Labute approximate surface area is 81.0 Å². The summed E-state index contributed by atoms with van der Waals surface area (Å²) < 4.78 is 5.10. The minimum atomic E-state index is -0.134. The topological polar surface area (TPSA) is 26.3 Å². The maximum atomic E-state index is 11.4. The summed E-state index contributed by atoms with van der Waals surface area (Å²) >= 11 is 0. The SMILES string of the molecule is C=CC(CCC)C(=O)OCC(C)C. The molecule has 76 valence electrons. The maximum Gasteiger partial charge on any atom is 0.312 e. The molecular formula is C11H20O2. The molecule has 0 N–H and O–H groups in total. The molecule has 0 aromatic carbocycles. The van der Waals surface area contributed by atoms with Gasteiger partial charge in [-0.25, -0.2) is 0 Å². The number of carbonyl (C=O) groups is 1. The predicted octanol–water partition coefficient (Wildman–Crippen LogP) is 2.79. The lowest BCUT2D eigenvalue weighted by Gasteiger charge is -2.12. The first-order valence-electron chi connectivity index (χ1n) is 4.91. The van der Waals surface area contributed by atoms with Crippen LogP contribution in [0.5, 0.6) is 0 Å². The van der Waals surface area contributed by atoms with E-state index in [-0.39, 0.29) is 11.9 Å². The molecule has 0 aliphatic rings. The summed E-state index contributed by atoms with van der Waals surface area (Å²) in [6, 6.07) is 0. The van der Waals surface area contributed by atoms with E-state index < -0.39 is 0 Å². The molecule has 1 atom stereocenters. The third-order valence-corrected chi connectivity index (χ3v) is 1.75. The standard InChI is InChI=1S/C11H20O2/c1-5-7-10(6-2)11(12)13-8-9(3)4/h6,9-10H,2,5,7-8H2,1,3-4H3. The number of hydrogen-bond acceptors (Lipinski definition) is 2. The fraction of sp³-hybridized carbons (Fsp3) is 0.727. The van der Waals surface area contributed by atoms with Crippen LogP contribution in [-0.2, 0) is 9.53 Å². The van der Waals surface area contributed by atoms with Gasteiger partial charge in [-0.05, 0) is 12.3 Å². The zero-order valence-corrected chi connectivity index (χ0v) is 8.88. The Balaban J connectivity index is 3.84. The van der Waals surface area contributed by atoms with Gasteiger partial charge < -0.3 is 4.74 Å². The van der Waals surface area contributed by atoms with E-state index in [0.29, 0.717) is 12.5 Å². The molecule has 0 aliphatic carbocycles. The average Bonchev–Trinajstić information content (AvgIpc) is 2.10. The van der Waals surface area contributed by atoms with Crippen LogP contribution in [0.2, 0.25) is 0 Å². The van der Waals surface area contributed by atoms with Crippen molar-refractivity contribution in [1.29, 1.82) is 0 Å². The highest BCUT2D eigenvalue weighted by Crippen LogP contribution is 2.10. The molecule has 0 bridgehead atoms. The first-order chi connectivity index (χ1) is 6.11. The van der Waals surface area contributed by atoms with Crippen molar-refractivity contribution < 1.29 is 9.53 Å². The van der Waals surface area contributed by atoms with Crippen molar-refractivity contribution in [2.24, 2.45) is 11.8 Å². The van der Waals surface area contributed by atoms with Crippen LogP contribution in [0.4, 0.5) is 0 Å². The first kappa shape index (κ1) is 12.2. The van der Waals surface area contributed by atoms with E-state index in [1.165, 1.54) is 0 Å². The summed E-state index contributed by atoms with van der Waals surface area (Å²) in [4.78, 5) is 11.4. The van der Waals surface area contributed by atoms with Crippen LogP contribution in [0.15, 0.2) is 12.7 Å². The van der Waals surface area contributed by atoms with Crippen LogP contribution in [0.1, 0.15) is 33.6 Å². The quantitative estimate of drug-likeness (QED) is 0.468. The van der Waals surface area contributed by atoms with Crippen molar-refractivity contribution in [1.82, 2.24) is 0 Å². The second-order valence-corrected chi connectivity index (χ2v) is 3.65. The molecule has 0 radical (unpaired) electrons.